The predicted octanol–water partition coefficient (Wildman–Crippen LogP) is 2.91. The van der Waals surface area contributed by atoms with Gasteiger partial charge < -0.3 is 15.2 Å². The molecule has 1 unspecified atom stereocenters. The normalized spacial score (nSPS) is 13.6. The van der Waals surface area contributed by atoms with Gasteiger partial charge in [0, 0.05) is 31.1 Å². The number of benzene rings is 1. The molecule has 1 atom stereocenters. The second-order valence-electron chi connectivity index (χ2n) is 5.53. The van der Waals surface area contributed by atoms with Crippen LogP contribution in [0.1, 0.15) is 32.3 Å². The molecule has 1 heterocycles. The Bertz CT molecular complexity index is 560. The summed E-state index contributed by atoms with van der Waals surface area (Å²) in [5.74, 6) is 1.22. The summed E-state index contributed by atoms with van der Waals surface area (Å²) in [6.07, 6.45) is 6.51. The Morgan fingerprint density at radius 2 is 2.00 bits per heavy atom. The molecule has 0 aliphatic heterocycles. The zero-order valence-electron chi connectivity index (χ0n) is 13.1. The first-order chi connectivity index (χ1) is 10.6. The monoisotopic (exact) mass is 301 g/mol. The predicted molar refractivity (Wildman–Crippen MR) is 85.8 cm³/mol. The first-order valence-electron chi connectivity index (χ1n) is 7.54. The molecule has 0 fully saturated rings. The van der Waals surface area contributed by atoms with Gasteiger partial charge in [0.25, 0.3) is 0 Å². The fourth-order valence-electron chi connectivity index (χ4n) is 2.09. The molecule has 5 nitrogen and oxygen atoms in total. The molecule has 1 aromatic heterocycles. The maximum Gasteiger partial charge on any atom is 0.237 e. The van der Waals surface area contributed by atoms with Crippen LogP contribution in [0.25, 0.3) is 0 Å². The number of nitrogens with one attached hydrogen (secondary N) is 1. The van der Waals surface area contributed by atoms with Gasteiger partial charge in [-0.1, -0.05) is 19.1 Å². The van der Waals surface area contributed by atoms with E-state index in [-0.39, 0.29) is 12.1 Å². The third kappa shape index (κ3) is 4.79. The molecule has 22 heavy (non-hydrogen) atoms. The van der Waals surface area contributed by atoms with E-state index in [2.05, 4.69) is 29.1 Å². The van der Waals surface area contributed by atoms with Crippen molar-refractivity contribution < 1.29 is 9.84 Å². The van der Waals surface area contributed by atoms with Crippen molar-refractivity contribution in [3.8, 4) is 11.6 Å². The van der Waals surface area contributed by atoms with Crippen molar-refractivity contribution in [2.24, 2.45) is 0 Å². The molecule has 0 saturated heterocycles. The number of hydrogen-bond acceptors (Lipinski definition) is 5. The molecule has 0 spiro atoms. The maximum absolute atomic E-state index is 9.14. The standard InChI is InChI=1S/C17H23N3O2/c1-3-17(2,8-11-21)20-12-14-4-6-15(7-5-14)22-16-13-18-9-10-19-16/h4-7,9-10,13,20-21H,3,8,11-12H2,1-2H3. The lowest BCUT2D eigenvalue weighted by atomic mass is 9.94. The van der Waals surface area contributed by atoms with Crippen LogP contribution < -0.4 is 10.1 Å². The van der Waals surface area contributed by atoms with Crippen LogP contribution in [-0.2, 0) is 6.54 Å². The molecular formula is C17H23N3O2. The van der Waals surface area contributed by atoms with Gasteiger partial charge in [0.05, 0.1) is 6.20 Å². The largest absolute Gasteiger partial charge is 0.438 e. The van der Waals surface area contributed by atoms with Gasteiger partial charge in [-0.15, -0.1) is 0 Å². The Morgan fingerprint density at radius 1 is 1.23 bits per heavy atom. The third-order valence-corrected chi connectivity index (χ3v) is 3.85. The molecule has 0 aliphatic carbocycles. The van der Waals surface area contributed by atoms with Crippen LogP contribution in [0.4, 0.5) is 0 Å². The van der Waals surface area contributed by atoms with E-state index in [1.165, 1.54) is 5.56 Å². The van der Waals surface area contributed by atoms with E-state index in [0.29, 0.717) is 5.88 Å². The van der Waals surface area contributed by atoms with Gasteiger partial charge in [-0.05, 0) is 37.5 Å². The van der Waals surface area contributed by atoms with Gasteiger partial charge in [0.15, 0.2) is 0 Å². The molecule has 1 aromatic carbocycles. The van der Waals surface area contributed by atoms with Gasteiger partial charge in [-0.3, -0.25) is 4.98 Å². The Balaban J connectivity index is 1.92. The number of nitrogens with zero attached hydrogens (tertiary/aromatic N) is 2. The third-order valence-electron chi connectivity index (χ3n) is 3.85. The highest BCUT2D eigenvalue weighted by molar-refractivity contribution is 5.29. The number of hydrogen-bond donors (Lipinski definition) is 2. The van der Waals surface area contributed by atoms with E-state index in [1.807, 2.05) is 24.3 Å². The Labute approximate surface area is 131 Å². The maximum atomic E-state index is 9.14. The molecule has 5 heteroatoms. The highest BCUT2D eigenvalue weighted by atomic mass is 16.5. The summed E-state index contributed by atoms with van der Waals surface area (Å²) in [5.41, 5.74) is 1.13. The second kappa shape index (κ2) is 7.87. The zero-order chi connectivity index (χ0) is 15.8. The molecule has 0 radical (unpaired) electrons. The molecule has 0 aliphatic rings. The van der Waals surface area contributed by atoms with E-state index in [1.54, 1.807) is 18.6 Å². The first kappa shape index (κ1) is 16.4. The minimum Gasteiger partial charge on any atom is -0.438 e. The van der Waals surface area contributed by atoms with Gasteiger partial charge in [-0.25, -0.2) is 4.98 Å². The van der Waals surface area contributed by atoms with E-state index in [9.17, 15) is 0 Å². The van der Waals surface area contributed by atoms with Gasteiger partial charge in [0.1, 0.15) is 5.75 Å². The van der Waals surface area contributed by atoms with Crippen LogP contribution in [0.2, 0.25) is 0 Å². The van der Waals surface area contributed by atoms with Gasteiger partial charge in [0.2, 0.25) is 5.88 Å². The SMILES string of the molecule is CCC(C)(CCO)NCc1ccc(Oc2cnccn2)cc1. The lowest BCUT2D eigenvalue weighted by Crippen LogP contribution is -2.42. The van der Waals surface area contributed by atoms with Crippen molar-refractivity contribution in [3.63, 3.8) is 0 Å². The summed E-state index contributed by atoms with van der Waals surface area (Å²) in [4.78, 5) is 8.04. The molecular weight excluding hydrogens is 278 g/mol. The van der Waals surface area contributed by atoms with E-state index in [0.717, 1.165) is 25.1 Å². The first-order valence-corrected chi connectivity index (χ1v) is 7.54. The van der Waals surface area contributed by atoms with E-state index < -0.39 is 0 Å². The van der Waals surface area contributed by atoms with E-state index in [4.69, 9.17) is 9.84 Å². The number of ether oxygens (including phenoxy) is 1. The summed E-state index contributed by atoms with van der Waals surface area (Å²) in [6, 6.07) is 7.88. The van der Waals surface area contributed by atoms with Crippen LogP contribution >= 0.6 is 0 Å². The molecule has 2 rings (SSSR count). The highest BCUT2D eigenvalue weighted by Gasteiger charge is 2.20. The van der Waals surface area contributed by atoms with Crippen molar-refractivity contribution >= 4 is 0 Å². The topological polar surface area (TPSA) is 67.3 Å². The fourth-order valence-corrected chi connectivity index (χ4v) is 2.09. The molecule has 0 bridgehead atoms. The number of aromatic nitrogens is 2. The van der Waals surface area contributed by atoms with Crippen molar-refractivity contribution in [3.05, 3.63) is 48.4 Å². The van der Waals surface area contributed by atoms with Crippen LogP contribution in [-0.4, -0.2) is 27.2 Å². The average Bonchev–Trinajstić information content (AvgIpc) is 2.55. The molecule has 2 N–H and O–H groups in total. The lowest BCUT2D eigenvalue weighted by Gasteiger charge is -2.29. The molecule has 0 amide bonds. The van der Waals surface area contributed by atoms with Gasteiger partial charge >= 0.3 is 0 Å². The smallest absolute Gasteiger partial charge is 0.237 e. The molecule has 2 aromatic rings. The van der Waals surface area contributed by atoms with Crippen LogP contribution in [0.15, 0.2) is 42.9 Å². The second-order valence-corrected chi connectivity index (χ2v) is 5.53. The minimum atomic E-state index is -0.0381. The van der Waals surface area contributed by atoms with Crippen molar-refractivity contribution in [1.82, 2.24) is 15.3 Å². The number of rotatable bonds is 8. The Morgan fingerprint density at radius 3 is 2.59 bits per heavy atom. The summed E-state index contributed by atoms with van der Waals surface area (Å²) in [7, 11) is 0. The number of aliphatic hydroxyl groups excluding tert-OH is 1. The number of aliphatic hydroxyl groups is 1. The fraction of sp³-hybridized carbons (Fsp3) is 0.412. The van der Waals surface area contributed by atoms with Crippen molar-refractivity contribution in [2.75, 3.05) is 6.61 Å². The summed E-state index contributed by atoms with van der Waals surface area (Å²) < 4.78 is 5.61. The van der Waals surface area contributed by atoms with Crippen molar-refractivity contribution in [2.45, 2.75) is 38.8 Å². The molecule has 118 valence electrons. The van der Waals surface area contributed by atoms with Crippen LogP contribution in [0.5, 0.6) is 11.6 Å². The zero-order valence-corrected chi connectivity index (χ0v) is 13.1. The Hall–Kier alpha value is -1.98. The van der Waals surface area contributed by atoms with Gasteiger partial charge in [-0.2, -0.15) is 0 Å². The van der Waals surface area contributed by atoms with Crippen LogP contribution in [0.3, 0.4) is 0 Å². The van der Waals surface area contributed by atoms with Crippen molar-refractivity contribution in [1.29, 1.82) is 0 Å². The quantitative estimate of drug-likeness (QED) is 0.784. The summed E-state index contributed by atoms with van der Waals surface area (Å²) in [6.45, 7) is 5.22. The summed E-state index contributed by atoms with van der Waals surface area (Å²) in [5, 5.41) is 12.6. The summed E-state index contributed by atoms with van der Waals surface area (Å²) >= 11 is 0. The lowest BCUT2D eigenvalue weighted by molar-refractivity contribution is 0.214. The van der Waals surface area contributed by atoms with Crippen LogP contribution in [0, 0.1) is 0 Å². The average molecular weight is 301 g/mol. The Kier molecular flexibility index (Phi) is 5.86. The minimum absolute atomic E-state index is 0.0381. The van der Waals surface area contributed by atoms with E-state index >= 15 is 0 Å². The molecule has 0 saturated carbocycles. The highest BCUT2D eigenvalue weighted by Crippen LogP contribution is 2.20.